The van der Waals surface area contributed by atoms with Crippen LogP contribution in [0.5, 0.6) is 0 Å². The van der Waals surface area contributed by atoms with Crippen LogP contribution in [0.2, 0.25) is 0 Å². The molecule has 1 saturated heterocycles. The van der Waals surface area contributed by atoms with Gasteiger partial charge in [0.1, 0.15) is 0 Å². The first kappa shape index (κ1) is 21.2. The van der Waals surface area contributed by atoms with E-state index >= 15 is 0 Å². The van der Waals surface area contributed by atoms with Gasteiger partial charge in [0.15, 0.2) is 0 Å². The summed E-state index contributed by atoms with van der Waals surface area (Å²) in [5.74, 6) is 0.582. The van der Waals surface area contributed by atoms with Gasteiger partial charge in [0.2, 0.25) is 26.0 Å². The Bertz CT molecular complexity index is 1060. The molecule has 1 aliphatic heterocycles. The lowest BCUT2D eigenvalue weighted by molar-refractivity contribution is 0.382. The molecule has 0 atom stereocenters. The van der Waals surface area contributed by atoms with Gasteiger partial charge in [0.25, 0.3) is 0 Å². The van der Waals surface area contributed by atoms with Crippen molar-refractivity contribution in [3.05, 3.63) is 42.7 Å². The molecule has 2 fully saturated rings. The van der Waals surface area contributed by atoms with Crippen molar-refractivity contribution in [2.24, 2.45) is 0 Å². The summed E-state index contributed by atoms with van der Waals surface area (Å²) < 4.78 is 55.1. The van der Waals surface area contributed by atoms with Crippen LogP contribution in [0.4, 0.5) is 5.95 Å². The maximum absolute atomic E-state index is 13.0. The molecule has 9 nitrogen and oxygen atoms in total. The third kappa shape index (κ3) is 4.48. The van der Waals surface area contributed by atoms with Gasteiger partial charge in [-0.2, -0.15) is 4.31 Å². The molecular weight excluding hydrogens is 426 g/mol. The van der Waals surface area contributed by atoms with Crippen molar-refractivity contribution in [3.63, 3.8) is 0 Å². The zero-order valence-electron chi connectivity index (χ0n) is 16.5. The Hall–Kier alpha value is -2.08. The summed E-state index contributed by atoms with van der Waals surface area (Å²) in [5.41, 5.74) is 0. The monoisotopic (exact) mass is 451 g/mol. The molecule has 0 unspecified atom stereocenters. The minimum absolute atomic E-state index is 0.0386. The average Bonchev–Trinajstić information content (AvgIpc) is 3.27. The molecule has 4 rings (SSSR count). The lowest BCUT2D eigenvalue weighted by Crippen LogP contribution is -2.49. The van der Waals surface area contributed by atoms with Crippen molar-refractivity contribution in [3.8, 4) is 0 Å². The maximum Gasteiger partial charge on any atom is 0.243 e. The van der Waals surface area contributed by atoms with Gasteiger partial charge in [-0.25, -0.2) is 31.5 Å². The standard InChI is InChI=1S/C19H25N5O4S2/c25-29(26,22-16-4-1-2-5-16)17-6-8-18(9-7-17)30(27,28)24-14-12-23(13-15-24)19-20-10-3-11-21-19/h3,6-11,16,22H,1-2,4-5,12-15H2. The second-order valence-corrected chi connectivity index (χ2v) is 11.2. The van der Waals surface area contributed by atoms with Crippen LogP contribution >= 0.6 is 0 Å². The fraction of sp³-hybridized carbons (Fsp3) is 0.474. The predicted octanol–water partition coefficient (Wildman–Crippen LogP) is 1.21. The van der Waals surface area contributed by atoms with E-state index < -0.39 is 20.0 Å². The van der Waals surface area contributed by atoms with E-state index in [0.717, 1.165) is 25.7 Å². The van der Waals surface area contributed by atoms with Crippen molar-refractivity contribution < 1.29 is 16.8 Å². The maximum atomic E-state index is 13.0. The molecule has 162 valence electrons. The number of nitrogens with one attached hydrogen (secondary N) is 1. The normalized spacial score (nSPS) is 19.3. The highest BCUT2D eigenvalue weighted by Gasteiger charge is 2.30. The molecule has 0 spiro atoms. The summed E-state index contributed by atoms with van der Waals surface area (Å²) in [5, 5.41) is 0. The van der Waals surface area contributed by atoms with Gasteiger partial charge in [-0.3, -0.25) is 0 Å². The molecule has 0 bridgehead atoms. The molecule has 1 N–H and O–H groups in total. The molecule has 2 aliphatic rings. The number of nitrogens with zero attached hydrogens (tertiary/aromatic N) is 4. The van der Waals surface area contributed by atoms with Gasteiger partial charge in [0, 0.05) is 44.6 Å². The van der Waals surface area contributed by atoms with E-state index in [4.69, 9.17) is 0 Å². The van der Waals surface area contributed by atoms with E-state index in [-0.39, 0.29) is 15.8 Å². The molecule has 0 amide bonds. The quantitative estimate of drug-likeness (QED) is 0.702. The van der Waals surface area contributed by atoms with Crippen molar-refractivity contribution in [1.82, 2.24) is 19.0 Å². The van der Waals surface area contributed by atoms with E-state index in [1.165, 1.54) is 28.6 Å². The first-order chi connectivity index (χ1) is 14.4. The van der Waals surface area contributed by atoms with Crippen molar-refractivity contribution in [1.29, 1.82) is 0 Å². The van der Waals surface area contributed by atoms with Gasteiger partial charge in [-0.05, 0) is 43.2 Å². The van der Waals surface area contributed by atoms with Gasteiger partial charge < -0.3 is 4.90 Å². The van der Waals surface area contributed by atoms with Crippen LogP contribution in [0.25, 0.3) is 0 Å². The average molecular weight is 452 g/mol. The number of benzene rings is 1. The van der Waals surface area contributed by atoms with Gasteiger partial charge in [0.05, 0.1) is 9.79 Å². The van der Waals surface area contributed by atoms with E-state index in [1.54, 1.807) is 18.5 Å². The van der Waals surface area contributed by atoms with E-state index in [2.05, 4.69) is 14.7 Å². The smallest absolute Gasteiger partial charge is 0.243 e. The molecule has 2 aromatic rings. The Morgan fingerprint density at radius 3 is 2.00 bits per heavy atom. The van der Waals surface area contributed by atoms with E-state index in [1.807, 2.05) is 4.90 Å². The largest absolute Gasteiger partial charge is 0.338 e. The highest BCUT2D eigenvalue weighted by atomic mass is 32.2. The molecule has 1 aliphatic carbocycles. The van der Waals surface area contributed by atoms with Crippen LogP contribution < -0.4 is 9.62 Å². The number of hydrogen-bond acceptors (Lipinski definition) is 7. The van der Waals surface area contributed by atoms with Crippen molar-refractivity contribution in [2.75, 3.05) is 31.1 Å². The summed E-state index contributed by atoms with van der Waals surface area (Å²) >= 11 is 0. The summed E-state index contributed by atoms with van der Waals surface area (Å²) in [4.78, 5) is 10.5. The minimum Gasteiger partial charge on any atom is -0.338 e. The minimum atomic E-state index is -3.70. The van der Waals surface area contributed by atoms with Crippen LogP contribution in [0.1, 0.15) is 25.7 Å². The molecule has 2 heterocycles. The lowest BCUT2D eigenvalue weighted by Gasteiger charge is -2.33. The molecule has 1 saturated carbocycles. The molecular formula is C19H25N5O4S2. The number of aromatic nitrogens is 2. The zero-order valence-corrected chi connectivity index (χ0v) is 18.1. The van der Waals surface area contributed by atoms with E-state index in [0.29, 0.717) is 32.1 Å². The Labute approximate surface area is 177 Å². The van der Waals surface area contributed by atoms with Gasteiger partial charge in [-0.1, -0.05) is 12.8 Å². The number of hydrogen-bond donors (Lipinski definition) is 1. The molecule has 1 aromatic heterocycles. The first-order valence-corrected chi connectivity index (χ1v) is 12.9. The molecule has 0 radical (unpaired) electrons. The Morgan fingerprint density at radius 2 is 1.40 bits per heavy atom. The lowest BCUT2D eigenvalue weighted by atomic mass is 10.3. The Kier molecular flexibility index (Phi) is 6.05. The molecule has 11 heteroatoms. The first-order valence-electron chi connectivity index (χ1n) is 10.0. The van der Waals surface area contributed by atoms with Crippen LogP contribution in [-0.2, 0) is 20.0 Å². The van der Waals surface area contributed by atoms with Crippen LogP contribution in [0.3, 0.4) is 0 Å². The summed E-state index contributed by atoms with van der Waals surface area (Å²) in [6.45, 7) is 1.59. The number of rotatable bonds is 6. The summed E-state index contributed by atoms with van der Waals surface area (Å²) in [7, 11) is -7.35. The van der Waals surface area contributed by atoms with Crippen LogP contribution in [0.15, 0.2) is 52.5 Å². The fourth-order valence-electron chi connectivity index (χ4n) is 3.85. The molecule has 1 aromatic carbocycles. The Morgan fingerprint density at radius 1 is 0.833 bits per heavy atom. The highest BCUT2D eigenvalue weighted by molar-refractivity contribution is 7.89. The zero-order chi connectivity index (χ0) is 21.2. The van der Waals surface area contributed by atoms with Crippen LogP contribution in [-0.4, -0.2) is 63.3 Å². The summed E-state index contributed by atoms with van der Waals surface area (Å²) in [6.07, 6.45) is 7.03. The van der Waals surface area contributed by atoms with Crippen molar-refractivity contribution >= 4 is 26.0 Å². The summed E-state index contributed by atoms with van der Waals surface area (Å²) in [6, 6.07) is 7.15. The van der Waals surface area contributed by atoms with Crippen LogP contribution in [0, 0.1) is 0 Å². The third-order valence-electron chi connectivity index (χ3n) is 5.52. The topological polar surface area (TPSA) is 113 Å². The Balaban J connectivity index is 1.43. The third-order valence-corrected chi connectivity index (χ3v) is 8.97. The number of anilines is 1. The number of sulfonamides is 2. The second-order valence-electron chi connectivity index (χ2n) is 7.51. The number of piperazine rings is 1. The van der Waals surface area contributed by atoms with Crippen molar-refractivity contribution in [2.45, 2.75) is 41.5 Å². The molecule has 30 heavy (non-hydrogen) atoms. The van der Waals surface area contributed by atoms with Gasteiger partial charge >= 0.3 is 0 Å². The second kappa shape index (κ2) is 8.58. The predicted molar refractivity (Wildman–Crippen MR) is 112 cm³/mol. The van der Waals surface area contributed by atoms with E-state index in [9.17, 15) is 16.8 Å². The SMILES string of the molecule is O=S(=O)(NC1CCCC1)c1ccc(S(=O)(=O)N2CCN(c3ncccn3)CC2)cc1. The van der Waals surface area contributed by atoms with Gasteiger partial charge in [-0.15, -0.1) is 0 Å². The highest BCUT2D eigenvalue weighted by Crippen LogP contribution is 2.23. The fourth-order valence-corrected chi connectivity index (χ4v) is 6.58.